The Labute approximate surface area is 412 Å². The third kappa shape index (κ3) is 10.1. The summed E-state index contributed by atoms with van der Waals surface area (Å²) in [5.41, 5.74) is 5.43. The third-order valence-electron chi connectivity index (χ3n) is 14.2. The Morgan fingerprint density at radius 1 is 0.514 bits per heavy atom. The first kappa shape index (κ1) is 48.6. The quantitative estimate of drug-likeness (QED) is 0.116. The lowest BCUT2D eigenvalue weighted by atomic mass is 9.92. The standard InChI is InChI=1S/2C27H31N5O2S/c2*1-20-9-11-23(12-10-20)35(33,34)32-16-14-24-26(28-19-29-27(24)32)30(3)25-18-31(15-13-21(25)2)17-22-7-5-4-6-8-22/h2*4-12,14,16,19,21,25H,13,15,17-18H2,1-3H3. The van der Waals surface area contributed by atoms with E-state index in [1.807, 2.05) is 38.1 Å². The van der Waals surface area contributed by atoms with E-state index in [0.717, 1.165) is 85.6 Å². The molecule has 4 aromatic heterocycles. The molecule has 0 aliphatic carbocycles. The van der Waals surface area contributed by atoms with Crippen LogP contribution >= 0.6 is 0 Å². The molecule has 0 spiro atoms. The predicted octanol–water partition coefficient (Wildman–Crippen LogP) is 8.65. The van der Waals surface area contributed by atoms with Crippen molar-refractivity contribution in [2.45, 2.75) is 75.5 Å². The number of aromatic nitrogens is 6. The molecule has 8 aromatic rings. The Kier molecular flexibility index (Phi) is 14.2. The van der Waals surface area contributed by atoms with Crippen LogP contribution in [0.25, 0.3) is 22.1 Å². The highest BCUT2D eigenvalue weighted by Crippen LogP contribution is 2.33. The Morgan fingerprint density at radius 3 is 1.26 bits per heavy atom. The van der Waals surface area contributed by atoms with Crippen molar-refractivity contribution in [1.29, 1.82) is 0 Å². The van der Waals surface area contributed by atoms with Crippen molar-refractivity contribution >= 4 is 53.7 Å². The van der Waals surface area contributed by atoms with Gasteiger partial charge >= 0.3 is 0 Å². The number of rotatable bonds is 12. The van der Waals surface area contributed by atoms with Crippen LogP contribution in [0.5, 0.6) is 0 Å². The van der Waals surface area contributed by atoms with E-state index >= 15 is 0 Å². The fraction of sp³-hybridized carbons (Fsp3) is 0.333. The van der Waals surface area contributed by atoms with Crippen molar-refractivity contribution in [3.63, 3.8) is 0 Å². The van der Waals surface area contributed by atoms with Crippen LogP contribution in [0.1, 0.15) is 48.9 Å². The van der Waals surface area contributed by atoms with Crippen molar-refractivity contribution in [3.8, 4) is 0 Å². The zero-order valence-corrected chi connectivity index (χ0v) is 42.4. The van der Waals surface area contributed by atoms with Crippen LogP contribution in [-0.2, 0) is 33.1 Å². The summed E-state index contributed by atoms with van der Waals surface area (Å²) in [4.78, 5) is 27.8. The number of anilines is 2. The van der Waals surface area contributed by atoms with Gasteiger partial charge in [-0.25, -0.2) is 44.7 Å². The monoisotopic (exact) mass is 978 g/mol. The smallest absolute Gasteiger partial charge is 0.269 e. The minimum Gasteiger partial charge on any atom is -0.354 e. The molecule has 2 fully saturated rings. The summed E-state index contributed by atoms with van der Waals surface area (Å²) in [5.74, 6) is 2.48. The zero-order chi connectivity index (χ0) is 49.2. The molecule has 0 saturated carbocycles. The molecule has 14 nitrogen and oxygen atoms in total. The van der Waals surface area contributed by atoms with E-state index in [2.05, 4.69) is 116 Å². The Hall–Kier alpha value is -6.46. The lowest BCUT2D eigenvalue weighted by Crippen LogP contribution is -2.50. The molecule has 2 aliphatic rings. The normalized spacial score (nSPS) is 19.2. The summed E-state index contributed by atoms with van der Waals surface area (Å²) in [5, 5.41) is 1.47. The molecule has 4 aromatic carbocycles. The average Bonchev–Trinajstić information content (AvgIpc) is 4.03. The number of aryl methyl sites for hydroxylation is 2. The molecule has 16 heteroatoms. The van der Waals surface area contributed by atoms with E-state index in [1.54, 1.807) is 60.9 Å². The van der Waals surface area contributed by atoms with E-state index in [1.165, 1.54) is 31.7 Å². The summed E-state index contributed by atoms with van der Waals surface area (Å²) in [6, 6.07) is 39.0. The molecule has 0 radical (unpaired) electrons. The van der Waals surface area contributed by atoms with Crippen LogP contribution in [0.4, 0.5) is 11.6 Å². The maximum atomic E-state index is 13.4. The first-order valence-electron chi connectivity index (χ1n) is 24.0. The Balaban J connectivity index is 0.000000174. The second kappa shape index (κ2) is 20.5. The van der Waals surface area contributed by atoms with Crippen LogP contribution in [0.2, 0.25) is 0 Å². The average molecular weight is 979 g/mol. The fourth-order valence-corrected chi connectivity index (χ4v) is 12.6. The molecule has 0 amide bonds. The van der Waals surface area contributed by atoms with Gasteiger partial charge < -0.3 is 9.80 Å². The second-order valence-corrected chi connectivity index (χ2v) is 22.7. The third-order valence-corrected chi connectivity index (χ3v) is 17.5. The molecule has 0 N–H and O–H groups in total. The fourth-order valence-electron chi connectivity index (χ4n) is 9.95. The highest BCUT2D eigenvalue weighted by atomic mass is 32.2. The second-order valence-electron chi connectivity index (χ2n) is 19.1. The Morgan fingerprint density at radius 2 is 0.886 bits per heavy atom. The van der Waals surface area contributed by atoms with Crippen molar-refractivity contribution in [2.75, 3.05) is 50.1 Å². The largest absolute Gasteiger partial charge is 0.354 e. The first-order chi connectivity index (χ1) is 33.7. The van der Waals surface area contributed by atoms with E-state index in [-0.39, 0.29) is 21.9 Å². The van der Waals surface area contributed by atoms with Gasteiger partial charge in [0.25, 0.3) is 20.0 Å². The lowest BCUT2D eigenvalue weighted by molar-refractivity contribution is 0.159. The molecule has 4 atom stereocenters. The molecule has 364 valence electrons. The van der Waals surface area contributed by atoms with E-state index in [9.17, 15) is 16.8 Å². The molecule has 2 saturated heterocycles. The number of piperidine rings is 2. The molecule has 2 aliphatic heterocycles. The van der Waals surface area contributed by atoms with E-state index in [4.69, 9.17) is 0 Å². The highest BCUT2D eigenvalue weighted by Gasteiger charge is 2.33. The van der Waals surface area contributed by atoms with Crippen LogP contribution in [0, 0.1) is 25.7 Å². The number of likely N-dealkylation sites (N-methyl/N-ethyl adjacent to an activating group) is 2. The number of nitrogens with zero attached hydrogens (tertiary/aromatic N) is 10. The van der Waals surface area contributed by atoms with Gasteiger partial charge in [0.1, 0.15) is 24.3 Å². The van der Waals surface area contributed by atoms with Crippen molar-refractivity contribution in [3.05, 3.63) is 169 Å². The van der Waals surface area contributed by atoms with Gasteiger partial charge in [-0.05, 0) is 99.1 Å². The van der Waals surface area contributed by atoms with Crippen molar-refractivity contribution in [2.24, 2.45) is 11.8 Å². The van der Waals surface area contributed by atoms with Gasteiger partial charge in [0.05, 0.1) is 20.6 Å². The number of hydrogen-bond donors (Lipinski definition) is 0. The van der Waals surface area contributed by atoms with Gasteiger partial charge in [-0.2, -0.15) is 0 Å². The summed E-state index contributed by atoms with van der Waals surface area (Å²) < 4.78 is 55.9. The van der Waals surface area contributed by atoms with Gasteiger partial charge in [-0.1, -0.05) is 110 Å². The maximum Gasteiger partial charge on any atom is 0.269 e. The number of fused-ring (bicyclic) bond motifs is 2. The van der Waals surface area contributed by atoms with Crippen molar-refractivity contribution in [1.82, 2.24) is 37.7 Å². The van der Waals surface area contributed by atoms with Crippen LogP contribution in [0.3, 0.4) is 0 Å². The Bertz CT molecular complexity index is 3060. The molecule has 6 heterocycles. The van der Waals surface area contributed by atoms with Crippen molar-refractivity contribution < 1.29 is 16.8 Å². The van der Waals surface area contributed by atoms with E-state index in [0.29, 0.717) is 23.1 Å². The number of hydrogen-bond acceptors (Lipinski definition) is 12. The minimum atomic E-state index is -3.76. The molecule has 70 heavy (non-hydrogen) atoms. The predicted molar refractivity (Wildman–Crippen MR) is 278 cm³/mol. The van der Waals surface area contributed by atoms with Crippen LogP contribution in [0.15, 0.2) is 156 Å². The van der Waals surface area contributed by atoms with Crippen LogP contribution in [-0.4, -0.2) is 107 Å². The topological polar surface area (TPSA) is 143 Å². The summed E-state index contributed by atoms with van der Waals surface area (Å²) in [6.07, 6.45) is 8.28. The molecule has 4 unspecified atom stereocenters. The molecular weight excluding hydrogens is 917 g/mol. The number of likely N-dealkylation sites (tertiary alicyclic amines) is 2. The first-order valence-corrected chi connectivity index (χ1v) is 26.8. The molecular formula is C54H62N10O4S2. The molecule has 0 bridgehead atoms. The van der Waals surface area contributed by atoms with Gasteiger partial charge in [-0.15, -0.1) is 0 Å². The summed E-state index contributed by atoms with van der Waals surface area (Å²) in [6.45, 7) is 14.2. The zero-order valence-electron chi connectivity index (χ0n) is 40.7. The highest BCUT2D eigenvalue weighted by molar-refractivity contribution is 7.90. The maximum absolute atomic E-state index is 13.4. The summed E-state index contributed by atoms with van der Waals surface area (Å²) in [7, 11) is -3.41. The SMILES string of the molecule is Cc1ccc(S(=O)(=O)n2ccc3c(N(C)C4CN(Cc5ccccc5)CCC4C)ncnc32)cc1.Cc1ccc(S(=O)(=O)n2ccc3c(N(C)C4CN(Cc5ccccc5)CCC4C)ncnc32)cc1. The minimum absolute atomic E-state index is 0.242. The summed E-state index contributed by atoms with van der Waals surface area (Å²) >= 11 is 0. The van der Waals surface area contributed by atoms with E-state index < -0.39 is 20.0 Å². The van der Waals surface area contributed by atoms with Gasteiger partial charge in [0.2, 0.25) is 0 Å². The van der Waals surface area contributed by atoms with Gasteiger partial charge in [0, 0.05) is 64.8 Å². The van der Waals surface area contributed by atoms with Gasteiger partial charge in [-0.3, -0.25) is 9.80 Å². The lowest BCUT2D eigenvalue weighted by Gasteiger charge is -2.42. The number of benzene rings is 4. The molecule has 10 rings (SSSR count). The van der Waals surface area contributed by atoms with Gasteiger partial charge in [0.15, 0.2) is 11.3 Å². The van der Waals surface area contributed by atoms with Crippen LogP contribution < -0.4 is 9.80 Å².